The minimum atomic E-state index is -0.307. The van der Waals surface area contributed by atoms with Crippen molar-refractivity contribution in [2.45, 2.75) is 45.8 Å². The van der Waals surface area contributed by atoms with Gasteiger partial charge in [0.15, 0.2) is 0 Å². The van der Waals surface area contributed by atoms with Gasteiger partial charge in [0.2, 0.25) is 0 Å². The lowest BCUT2D eigenvalue weighted by atomic mass is 9.80. The van der Waals surface area contributed by atoms with Crippen molar-refractivity contribution in [1.29, 1.82) is 0 Å². The highest BCUT2D eigenvalue weighted by Crippen LogP contribution is 2.40. The van der Waals surface area contributed by atoms with Crippen LogP contribution in [0.3, 0.4) is 0 Å². The van der Waals surface area contributed by atoms with Crippen LogP contribution < -0.4 is 4.74 Å². The third-order valence-electron chi connectivity index (χ3n) is 4.80. The van der Waals surface area contributed by atoms with Gasteiger partial charge in [0.25, 0.3) is 0 Å². The maximum atomic E-state index is 6.09. The monoisotopic (exact) mass is 286 g/mol. The maximum Gasteiger partial charge on any atom is 0.487 e. The zero-order valence-electron chi connectivity index (χ0n) is 13.5. The zero-order valence-corrected chi connectivity index (χ0v) is 13.5. The number of rotatable bonds is 1. The van der Waals surface area contributed by atoms with E-state index < -0.39 is 0 Å². The molecule has 0 aliphatic carbocycles. The molecule has 0 amide bonds. The van der Waals surface area contributed by atoms with Gasteiger partial charge in [-0.05, 0) is 45.3 Å². The molecule has 2 aliphatic heterocycles. The van der Waals surface area contributed by atoms with E-state index in [-0.39, 0.29) is 18.3 Å². The first-order valence-corrected chi connectivity index (χ1v) is 7.60. The standard InChI is InChI=1S/C17H23BO3/c1-12-11-19-15-9-7-6-8-13(15)14(12)10-18-20-16(2,3)17(4,5)21-18/h6-10,12H,11H2,1-5H3/b14-10-. The maximum absolute atomic E-state index is 6.09. The molecule has 0 spiro atoms. The summed E-state index contributed by atoms with van der Waals surface area (Å²) in [6.07, 6.45) is 0. The second kappa shape index (κ2) is 4.89. The quantitative estimate of drug-likeness (QED) is 0.736. The highest BCUT2D eigenvalue weighted by atomic mass is 16.7. The van der Waals surface area contributed by atoms with E-state index in [0.29, 0.717) is 12.5 Å². The molecule has 3 nitrogen and oxygen atoms in total. The average Bonchev–Trinajstić information content (AvgIpc) is 2.61. The Morgan fingerprint density at radius 2 is 1.71 bits per heavy atom. The molecular formula is C17H23BO3. The van der Waals surface area contributed by atoms with E-state index in [1.807, 2.05) is 18.2 Å². The van der Waals surface area contributed by atoms with Gasteiger partial charge in [-0.25, -0.2) is 0 Å². The molecule has 0 bridgehead atoms. The van der Waals surface area contributed by atoms with Crippen LogP contribution in [-0.2, 0) is 9.31 Å². The Morgan fingerprint density at radius 3 is 2.38 bits per heavy atom. The Morgan fingerprint density at radius 1 is 1.10 bits per heavy atom. The van der Waals surface area contributed by atoms with Crippen molar-refractivity contribution >= 4 is 12.7 Å². The van der Waals surface area contributed by atoms with Crippen LogP contribution in [0.1, 0.15) is 40.2 Å². The van der Waals surface area contributed by atoms with E-state index in [4.69, 9.17) is 14.0 Å². The number of benzene rings is 1. The summed E-state index contributed by atoms with van der Waals surface area (Å²) in [5.41, 5.74) is 1.78. The molecule has 0 radical (unpaired) electrons. The van der Waals surface area contributed by atoms with E-state index in [1.54, 1.807) is 0 Å². The van der Waals surface area contributed by atoms with Crippen molar-refractivity contribution in [1.82, 2.24) is 0 Å². The molecule has 1 aromatic rings. The van der Waals surface area contributed by atoms with Gasteiger partial charge in [-0.15, -0.1) is 0 Å². The summed E-state index contributed by atoms with van der Waals surface area (Å²) >= 11 is 0. The summed E-state index contributed by atoms with van der Waals surface area (Å²) < 4.78 is 18.0. The summed E-state index contributed by atoms with van der Waals surface area (Å²) in [4.78, 5) is 0. The van der Waals surface area contributed by atoms with E-state index in [9.17, 15) is 0 Å². The first-order chi connectivity index (χ1) is 9.80. The molecule has 112 valence electrons. The lowest BCUT2D eigenvalue weighted by Crippen LogP contribution is -2.41. The van der Waals surface area contributed by atoms with E-state index >= 15 is 0 Å². The van der Waals surface area contributed by atoms with E-state index in [1.165, 1.54) is 5.57 Å². The molecule has 1 saturated heterocycles. The van der Waals surface area contributed by atoms with Crippen LogP contribution in [0.25, 0.3) is 5.57 Å². The molecule has 1 atom stereocenters. The lowest BCUT2D eigenvalue weighted by Gasteiger charge is -2.32. The molecule has 1 fully saturated rings. The highest BCUT2D eigenvalue weighted by Gasteiger charge is 2.50. The summed E-state index contributed by atoms with van der Waals surface area (Å²) in [5.74, 6) is 3.39. The van der Waals surface area contributed by atoms with E-state index in [0.717, 1.165) is 11.3 Å². The predicted molar refractivity (Wildman–Crippen MR) is 85.2 cm³/mol. The molecule has 4 heteroatoms. The summed E-state index contributed by atoms with van der Waals surface area (Å²) in [7, 11) is -0.307. The molecule has 0 aromatic heterocycles. The predicted octanol–water partition coefficient (Wildman–Crippen LogP) is 3.73. The van der Waals surface area contributed by atoms with Crippen molar-refractivity contribution < 1.29 is 14.0 Å². The van der Waals surface area contributed by atoms with Gasteiger partial charge < -0.3 is 14.0 Å². The first-order valence-electron chi connectivity index (χ1n) is 7.60. The SMILES string of the molecule is CC1COc2ccccc2/C1=C\B1OC(C)(C)C(C)(C)O1. The van der Waals surface area contributed by atoms with Crippen LogP contribution in [0.15, 0.2) is 30.2 Å². The first kappa shape index (κ1) is 14.7. The normalized spacial score (nSPS) is 28.3. The van der Waals surface area contributed by atoms with Crippen molar-refractivity contribution in [3.8, 4) is 5.75 Å². The van der Waals surface area contributed by atoms with E-state index in [2.05, 4.69) is 46.7 Å². The fourth-order valence-electron chi connectivity index (χ4n) is 2.76. The minimum Gasteiger partial charge on any atom is -0.492 e. The smallest absolute Gasteiger partial charge is 0.487 e. The number of hydrogen-bond acceptors (Lipinski definition) is 3. The van der Waals surface area contributed by atoms with Crippen LogP contribution in [0.5, 0.6) is 5.75 Å². The number of ether oxygens (including phenoxy) is 1. The highest BCUT2D eigenvalue weighted by molar-refractivity contribution is 6.53. The average molecular weight is 286 g/mol. The van der Waals surface area contributed by atoms with Crippen LogP contribution >= 0.6 is 0 Å². The fraction of sp³-hybridized carbons (Fsp3) is 0.529. The third kappa shape index (κ3) is 2.51. The fourth-order valence-corrected chi connectivity index (χ4v) is 2.76. The Labute approximate surface area is 127 Å². The zero-order chi connectivity index (χ0) is 15.3. The molecule has 1 aromatic carbocycles. The van der Waals surface area contributed by atoms with Gasteiger partial charge in [-0.1, -0.05) is 25.1 Å². The van der Waals surface area contributed by atoms with Crippen molar-refractivity contribution in [3.63, 3.8) is 0 Å². The van der Waals surface area contributed by atoms with Gasteiger partial charge in [0.1, 0.15) is 5.75 Å². The molecule has 2 heterocycles. The molecular weight excluding hydrogens is 263 g/mol. The van der Waals surface area contributed by atoms with Crippen LogP contribution in [0.2, 0.25) is 0 Å². The van der Waals surface area contributed by atoms with Crippen LogP contribution in [0.4, 0.5) is 0 Å². The molecule has 1 unspecified atom stereocenters. The van der Waals surface area contributed by atoms with Crippen molar-refractivity contribution in [2.75, 3.05) is 6.61 Å². The number of hydrogen-bond donors (Lipinski definition) is 0. The van der Waals surface area contributed by atoms with Crippen LogP contribution in [0, 0.1) is 5.92 Å². The topological polar surface area (TPSA) is 27.7 Å². The van der Waals surface area contributed by atoms with Crippen molar-refractivity contribution in [3.05, 3.63) is 35.8 Å². The molecule has 0 N–H and O–H groups in total. The second-order valence-electron chi connectivity index (χ2n) is 6.95. The van der Waals surface area contributed by atoms with Gasteiger partial charge in [0.05, 0.1) is 17.8 Å². The summed E-state index contributed by atoms with van der Waals surface area (Å²) in [6, 6.07) is 8.15. The Bertz CT molecular complexity index is 561. The number of para-hydroxylation sites is 1. The Kier molecular flexibility index (Phi) is 3.42. The van der Waals surface area contributed by atoms with Crippen LogP contribution in [-0.4, -0.2) is 24.9 Å². The van der Waals surface area contributed by atoms with Gasteiger partial charge >= 0.3 is 7.12 Å². The minimum absolute atomic E-state index is 0.303. The van der Waals surface area contributed by atoms with Gasteiger partial charge in [-0.2, -0.15) is 0 Å². The largest absolute Gasteiger partial charge is 0.492 e. The molecule has 3 rings (SSSR count). The summed E-state index contributed by atoms with van der Waals surface area (Å²) in [5, 5.41) is 0. The van der Waals surface area contributed by atoms with Gasteiger partial charge in [-0.3, -0.25) is 0 Å². The molecule has 2 aliphatic rings. The van der Waals surface area contributed by atoms with Gasteiger partial charge in [0, 0.05) is 11.5 Å². The van der Waals surface area contributed by atoms with Crippen molar-refractivity contribution in [2.24, 2.45) is 5.92 Å². The second-order valence-corrected chi connectivity index (χ2v) is 6.95. The molecule has 0 saturated carbocycles. The lowest BCUT2D eigenvalue weighted by molar-refractivity contribution is 0.00578. The summed E-state index contributed by atoms with van der Waals surface area (Å²) in [6.45, 7) is 11.2. The Balaban J connectivity index is 1.94. The Hall–Kier alpha value is -1.26. The third-order valence-corrected chi connectivity index (χ3v) is 4.80. The number of fused-ring (bicyclic) bond motifs is 1. The molecule has 21 heavy (non-hydrogen) atoms.